The molecule has 0 amide bonds. The van der Waals surface area contributed by atoms with Crippen LogP contribution in [0.1, 0.15) is 29.6 Å². The van der Waals surface area contributed by atoms with E-state index in [0.29, 0.717) is 18.3 Å². The number of imidazole rings is 1. The van der Waals surface area contributed by atoms with Gasteiger partial charge in [-0.2, -0.15) is 4.98 Å². The first-order chi connectivity index (χ1) is 10.8. The molecule has 0 saturated carbocycles. The van der Waals surface area contributed by atoms with Crippen LogP contribution in [0.5, 0.6) is 0 Å². The Labute approximate surface area is 131 Å². The van der Waals surface area contributed by atoms with Crippen LogP contribution in [0.3, 0.4) is 0 Å². The molecule has 1 aromatic carbocycles. The van der Waals surface area contributed by atoms with E-state index in [-0.39, 0.29) is 5.92 Å². The number of benzene rings is 1. The fraction of sp³-hybridized carbons (Fsp3) is 0.400. The third kappa shape index (κ3) is 2.74. The third-order valence-corrected chi connectivity index (χ3v) is 4.58. The van der Waals surface area contributed by atoms with Gasteiger partial charge in [0.15, 0.2) is 11.0 Å². The van der Waals surface area contributed by atoms with Crippen LogP contribution in [-0.4, -0.2) is 33.3 Å². The van der Waals surface area contributed by atoms with Crippen LogP contribution in [0.25, 0.3) is 11.0 Å². The molecular formula is C15H16N4O2S. The van der Waals surface area contributed by atoms with E-state index in [9.17, 15) is 0 Å². The first kappa shape index (κ1) is 13.8. The van der Waals surface area contributed by atoms with Crippen molar-refractivity contribution in [3.63, 3.8) is 0 Å². The number of nitrogens with one attached hydrogen (secondary N) is 1. The van der Waals surface area contributed by atoms with Crippen LogP contribution in [0.4, 0.5) is 0 Å². The molecular weight excluding hydrogens is 300 g/mol. The summed E-state index contributed by atoms with van der Waals surface area (Å²) in [5, 5.41) is 4.92. The highest BCUT2D eigenvalue weighted by Gasteiger charge is 2.23. The molecule has 22 heavy (non-hydrogen) atoms. The average Bonchev–Trinajstić information content (AvgIpc) is 3.24. The second-order valence-electron chi connectivity index (χ2n) is 5.46. The second kappa shape index (κ2) is 5.73. The summed E-state index contributed by atoms with van der Waals surface area (Å²) in [7, 11) is 0. The second-order valence-corrected chi connectivity index (χ2v) is 6.42. The smallest absolute Gasteiger partial charge is 0.237 e. The summed E-state index contributed by atoms with van der Waals surface area (Å²) in [6.45, 7) is 3.54. The van der Waals surface area contributed by atoms with Crippen LogP contribution >= 0.6 is 11.8 Å². The molecule has 1 aliphatic heterocycles. The first-order valence-electron chi connectivity index (χ1n) is 7.27. The standard InChI is InChI=1S/C15H16N4O2S/c1-9-2-3-11-12(6-9)17-15(16-11)22-8-13-18-14(19-21-13)10-4-5-20-7-10/h2-3,6,10H,4-5,7-8H2,1H3,(H,16,17). The monoisotopic (exact) mass is 316 g/mol. The number of hydrogen-bond donors (Lipinski definition) is 1. The van der Waals surface area contributed by atoms with E-state index in [0.717, 1.165) is 35.0 Å². The van der Waals surface area contributed by atoms with Crippen molar-refractivity contribution < 1.29 is 9.26 Å². The molecule has 1 saturated heterocycles. The van der Waals surface area contributed by atoms with E-state index >= 15 is 0 Å². The Morgan fingerprint density at radius 1 is 1.36 bits per heavy atom. The summed E-state index contributed by atoms with van der Waals surface area (Å²) >= 11 is 1.57. The molecule has 7 heteroatoms. The van der Waals surface area contributed by atoms with E-state index in [4.69, 9.17) is 9.26 Å². The highest BCUT2D eigenvalue weighted by molar-refractivity contribution is 7.98. The number of aryl methyl sites for hydroxylation is 1. The molecule has 1 atom stereocenters. The van der Waals surface area contributed by atoms with Gasteiger partial charge in [-0.15, -0.1) is 0 Å². The molecule has 2 aromatic heterocycles. The summed E-state index contributed by atoms with van der Waals surface area (Å²) in [6, 6.07) is 6.18. The van der Waals surface area contributed by atoms with Crippen molar-refractivity contribution in [2.45, 2.75) is 30.2 Å². The zero-order valence-electron chi connectivity index (χ0n) is 12.2. The Morgan fingerprint density at radius 3 is 3.18 bits per heavy atom. The molecule has 6 nitrogen and oxygen atoms in total. The van der Waals surface area contributed by atoms with Gasteiger partial charge in [-0.05, 0) is 31.0 Å². The summed E-state index contributed by atoms with van der Waals surface area (Å²) in [5.41, 5.74) is 3.24. The lowest BCUT2D eigenvalue weighted by atomic mass is 10.1. The van der Waals surface area contributed by atoms with Gasteiger partial charge in [0.05, 0.1) is 23.4 Å². The van der Waals surface area contributed by atoms with Crippen LogP contribution in [-0.2, 0) is 10.5 Å². The normalized spacial score (nSPS) is 18.3. The predicted octanol–water partition coefficient (Wildman–Crippen LogP) is 3.05. The Balaban J connectivity index is 1.44. The number of rotatable bonds is 4. The number of hydrogen-bond acceptors (Lipinski definition) is 6. The Hall–Kier alpha value is -1.86. The lowest BCUT2D eigenvalue weighted by Gasteiger charge is -1.97. The topological polar surface area (TPSA) is 76.8 Å². The van der Waals surface area contributed by atoms with Crippen molar-refractivity contribution in [3.8, 4) is 0 Å². The predicted molar refractivity (Wildman–Crippen MR) is 82.9 cm³/mol. The summed E-state index contributed by atoms with van der Waals surface area (Å²) < 4.78 is 10.7. The fourth-order valence-electron chi connectivity index (χ4n) is 2.53. The number of aromatic amines is 1. The SMILES string of the molecule is Cc1ccc2nc(SCc3nc(C4CCOC4)no3)[nH]c2c1. The van der Waals surface area contributed by atoms with Gasteiger partial charge in [-0.1, -0.05) is 23.0 Å². The Kier molecular flexibility index (Phi) is 3.59. The molecule has 0 bridgehead atoms. The van der Waals surface area contributed by atoms with Gasteiger partial charge in [-0.3, -0.25) is 0 Å². The third-order valence-electron chi connectivity index (χ3n) is 3.73. The van der Waals surface area contributed by atoms with Crippen LogP contribution in [0.2, 0.25) is 0 Å². The number of thioether (sulfide) groups is 1. The van der Waals surface area contributed by atoms with Gasteiger partial charge in [0.25, 0.3) is 0 Å². The molecule has 1 N–H and O–H groups in total. The lowest BCUT2D eigenvalue weighted by molar-refractivity contribution is 0.192. The lowest BCUT2D eigenvalue weighted by Crippen LogP contribution is -1.99. The maximum absolute atomic E-state index is 5.35. The number of ether oxygens (including phenoxy) is 1. The fourth-order valence-corrected chi connectivity index (χ4v) is 3.25. The first-order valence-corrected chi connectivity index (χ1v) is 8.26. The van der Waals surface area contributed by atoms with E-state index in [1.165, 1.54) is 5.56 Å². The Morgan fingerprint density at radius 2 is 2.32 bits per heavy atom. The summed E-state index contributed by atoms with van der Waals surface area (Å²) in [4.78, 5) is 12.3. The number of fused-ring (bicyclic) bond motifs is 1. The van der Waals surface area contributed by atoms with Crippen molar-refractivity contribution in [3.05, 3.63) is 35.5 Å². The maximum Gasteiger partial charge on any atom is 0.237 e. The molecule has 1 aliphatic rings. The molecule has 0 aliphatic carbocycles. The van der Waals surface area contributed by atoms with E-state index in [1.807, 2.05) is 6.07 Å². The van der Waals surface area contributed by atoms with Gasteiger partial charge in [-0.25, -0.2) is 4.98 Å². The van der Waals surface area contributed by atoms with E-state index < -0.39 is 0 Å². The van der Waals surface area contributed by atoms with Gasteiger partial charge in [0.2, 0.25) is 5.89 Å². The zero-order chi connectivity index (χ0) is 14.9. The minimum atomic E-state index is 0.275. The van der Waals surface area contributed by atoms with E-state index in [2.05, 4.69) is 39.2 Å². The largest absolute Gasteiger partial charge is 0.381 e. The summed E-state index contributed by atoms with van der Waals surface area (Å²) in [5.74, 6) is 2.27. The van der Waals surface area contributed by atoms with Crippen molar-refractivity contribution in [1.82, 2.24) is 20.1 Å². The van der Waals surface area contributed by atoms with Crippen LogP contribution < -0.4 is 0 Å². The van der Waals surface area contributed by atoms with Gasteiger partial charge < -0.3 is 14.2 Å². The van der Waals surface area contributed by atoms with Gasteiger partial charge >= 0.3 is 0 Å². The van der Waals surface area contributed by atoms with Gasteiger partial charge in [0.1, 0.15) is 0 Å². The molecule has 0 radical (unpaired) electrons. The van der Waals surface area contributed by atoms with Crippen molar-refractivity contribution in [1.29, 1.82) is 0 Å². The number of H-pyrrole nitrogens is 1. The van der Waals surface area contributed by atoms with Crippen LogP contribution in [0, 0.1) is 6.92 Å². The summed E-state index contributed by atoms with van der Waals surface area (Å²) in [6.07, 6.45) is 0.967. The minimum Gasteiger partial charge on any atom is -0.381 e. The van der Waals surface area contributed by atoms with Crippen molar-refractivity contribution >= 4 is 22.8 Å². The highest BCUT2D eigenvalue weighted by Crippen LogP contribution is 2.26. The van der Waals surface area contributed by atoms with Crippen molar-refractivity contribution in [2.75, 3.05) is 13.2 Å². The van der Waals surface area contributed by atoms with Crippen molar-refractivity contribution in [2.24, 2.45) is 0 Å². The van der Waals surface area contributed by atoms with Crippen LogP contribution in [0.15, 0.2) is 27.9 Å². The molecule has 1 unspecified atom stereocenters. The minimum absolute atomic E-state index is 0.275. The maximum atomic E-state index is 5.35. The highest BCUT2D eigenvalue weighted by atomic mass is 32.2. The average molecular weight is 316 g/mol. The molecule has 0 spiro atoms. The van der Waals surface area contributed by atoms with E-state index in [1.54, 1.807) is 11.8 Å². The molecule has 4 rings (SSSR count). The zero-order valence-corrected chi connectivity index (χ0v) is 13.0. The number of nitrogens with zero attached hydrogens (tertiary/aromatic N) is 3. The molecule has 3 heterocycles. The molecule has 1 fully saturated rings. The quantitative estimate of drug-likeness (QED) is 0.746. The molecule has 3 aromatic rings. The molecule has 114 valence electrons. The number of aromatic nitrogens is 4. The Bertz CT molecular complexity index is 792. The van der Waals surface area contributed by atoms with Gasteiger partial charge in [0, 0.05) is 12.5 Å².